The Hall–Kier alpha value is -7.41. The zero-order valence-electron chi connectivity index (χ0n) is 54.9. The van der Waals surface area contributed by atoms with E-state index in [1.54, 1.807) is 36.4 Å². The number of para-hydroxylation sites is 4. The highest BCUT2D eigenvalue weighted by Gasteiger charge is 2.41. The van der Waals surface area contributed by atoms with Crippen LogP contribution < -0.4 is 20.7 Å². The Morgan fingerprint density at radius 1 is 0.368 bits per heavy atom. The Morgan fingerprint density at radius 2 is 0.842 bits per heavy atom. The maximum absolute atomic E-state index is 10.5. The van der Waals surface area contributed by atoms with Crippen LogP contribution in [0.3, 0.4) is 0 Å². The van der Waals surface area contributed by atoms with Gasteiger partial charge in [-0.15, -0.1) is 0 Å². The van der Waals surface area contributed by atoms with Crippen LogP contribution in [-0.4, -0.2) is 32.2 Å². The van der Waals surface area contributed by atoms with Crippen molar-refractivity contribution in [3.05, 3.63) is 212 Å². The lowest BCUT2D eigenvalue weighted by atomic mass is 10.2. The molecule has 0 atom stereocenters. The van der Waals surface area contributed by atoms with Crippen molar-refractivity contribution in [1.29, 1.82) is 0 Å². The van der Waals surface area contributed by atoms with Crippen LogP contribution in [0.25, 0.3) is 66.9 Å². The average molecular weight is 772 g/mol. The molecule has 57 heavy (non-hydrogen) atoms. The van der Waals surface area contributed by atoms with E-state index in [0.29, 0.717) is 0 Å². The lowest BCUT2D eigenvalue weighted by Gasteiger charge is -2.34. The van der Waals surface area contributed by atoms with Gasteiger partial charge in [0.25, 0.3) is 0 Å². The molecule has 0 aliphatic rings. The van der Waals surface area contributed by atoms with Gasteiger partial charge in [0.1, 0.15) is 0 Å². The molecule has 0 N–H and O–H groups in total. The summed E-state index contributed by atoms with van der Waals surface area (Å²) in [4.78, 5) is 14.4. The van der Waals surface area contributed by atoms with Crippen LogP contribution >= 0.6 is 0 Å². The van der Waals surface area contributed by atoms with Gasteiger partial charge in [-0.25, -0.2) is 0 Å². The predicted octanol–water partition coefficient (Wildman–Crippen LogP) is 9.11. The van der Waals surface area contributed by atoms with Crippen molar-refractivity contribution in [2.45, 2.75) is 0 Å². The van der Waals surface area contributed by atoms with Gasteiger partial charge in [0.05, 0.1) is 57.7 Å². The predicted molar refractivity (Wildman–Crippen MR) is 238 cm³/mol. The number of fused-ring (bicyclic) bond motifs is 6. The molecular formula is C51H35N5Si. The minimum Gasteiger partial charge on any atom is -0.278 e. The topological polar surface area (TPSA) is 48.5 Å². The monoisotopic (exact) mass is 771 g/mol. The van der Waals surface area contributed by atoms with E-state index < -0.39 is 209 Å². The summed E-state index contributed by atoms with van der Waals surface area (Å²) in [5.41, 5.74) is -1.08. The van der Waals surface area contributed by atoms with E-state index in [1.165, 1.54) is 21.3 Å². The van der Waals surface area contributed by atoms with Crippen LogP contribution in [0.2, 0.25) is 0 Å². The molecule has 0 fully saturated rings. The second-order valence-electron chi connectivity index (χ2n) is 12.5. The van der Waals surface area contributed by atoms with Crippen molar-refractivity contribution >= 4 is 72.4 Å². The molecule has 6 heteroatoms. The molecule has 0 saturated heterocycles. The molecule has 11 rings (SSSR count). The number of hydrogen-bond acceptors (Lipinski definition) is 3. The second kappa shape index (κ2) is 13.4. The Labute approximate surface area is 367 Å². The SMILES string of the molecule is [2H]c1cc([Si](c2c([2H])c([2H])c([2H])c([2H])c2[2H])(c2c([2H])c([2H])c([2H])c([2H])c2[2H])c2c([2H])c([2H])c([2H])c(-c3nc(-n4c5ccccc5c5c([2H])c([2H])c([2H])c([2H])c54)nc(-n4c5ccccc5c5c([2H])c([2H])c([2H])c([2H])c54)n3)c2[2H])c([2H])c([2H])c1[2H]. The maximum atomic E-state index is 10.5. The van der Waals surface area contributed by atoms with E-state index in [0.717, 1.165) is 6.07 Å². The fourth-order valence-corrected chi connectivity index (χ4v) is 10.9. The van der Waals surface area contributed by atoms with Crippen LogP contribution in [0, 0.1) is 0 Å². The van der Waals surface area contributed by atoms with Crippen molar-refractivity contribution in [2.24, 2.45) is 0 Å². The summed E-state index contributed by atoms with van der Waals surface area (Å²) in [5, 5.41) is -3.41. The molecule has 11 aromatic rings. The number of aromatic nitrogens is 5. The Bertz CT molecular complexity index is 4510. The number of hydrogen-bond donors (Lipinski definition) is 0. The third-order valence-electron chi connectivity index (χ3n) is 9.55. The first-order valence-corrected chi connectivity index (χ1v) is 19.2. The summed E-state index contributed by atoms with van der Waals surface area (Å²) in [6, 6.07) is -11.2. The number of rotatable bonds is 7. The summed E-state index contributed by atoms with van der Waals surface area (Å²) >= 11 is 0. The fraction of sp³-hybridized carbons (Fsp3) is 0. The molecule has 0 unspecified atom stereocenters. The third kappa shape index (κ3) is 5.19. The van der Waals surface area contributed by atoms with Crippen LogP contribution in [0.15, 0.2) is 212 Å². The van der Waals surface area contributed by atoms with E-state index in [1.807, 2.05) is 0 Å². The Balaban J connectivity index is 1.43. The zero-order valence-corrected chi connectivity index (χ0v) is 29.9. The average Bonchev–Trinajstić information content (AvgIpc) is 1.48. The first-order valence-electron chi connectivity index (χ1n) is 30.2. The second-order valence-corrected chi connectivity index (χ2v) is 16.0. The summed E-state index contributed by atoms with van der Waals surface area (Å²) in [5.74, 6) is -1.95. The van der Waals surface area contributed by atoms with Gasteiger partial charge in [-0.05, 0) is 45.0 Å². The van der Waals surface area contributed by atoms with Crippen LogP contribution in [0.5, 0.6) is 0 Å². The molecule has 0 aliphatic carbocycles. The molecule has 0 saturated carbocycles. The van der Waals surface area contributed by atoms with E-state index in [4.69, 9.17) is 35.5 Å². The molecule has 0 spiro atoms. The van der Waals surface area contributed by atoms with Gasteiger partial charge in [-0.3, -0.25) is 9.13 Å². The summed E-state index contributed by atoms with van der Waals surface area (Å²) < 4.78 is 241. The van der Waals surface area contributed by atoms with E-state index in [2.05, 4.69) is 0 Å². The fourth-order valence-electron chi connectivity index (χ4n) is 7.20. The van der Waals surface area contributed by atoms with Crippen molar-refractivity contribution in [2.75, 3.05) is 0 Å². The first kappa shape index (κ1) is 16.0. The van der Waals surface area contributed by atoms with Crippen molar-refractivity contribution in [3.8, 4) is 23.3 Å². The lowest BCUT2D eigenvalue weighted by Crippen LogP contribution is -2.74. The molecule has 268 valence electrons. The van der Waals surface area contributed by atoms with E-state index in [-0.39, 0.29) is 43.6 Å². The van der Waals surface area contributed by atoms with Gasteiger partial charge >= 0.3 is 0 Å². The Morgan fingerprint density at radius 3 is 1.42 bits per heavy atom. The standard InChI is InChI=1S/C51H35N5Si/c1-4-20-37(21-5-1)57(38-22-6-2-7-23-38,39-24-8-3-9-25-39)40-26-18-19-36(35-40)49-52-50(55-45-31-14-10-27-41(45)42-28-11-15-32-46(42)55)54-51(53-49)56-47-33-16-12-29-43(47)44-30-13-17-34-48(44)56/h1-35H/i1D,2D,3D,4D,5D,6D,7D,8D,9D,10D,12D,14D,16D,18D,19D,20D,21D,22D,23D,24D,26D,27D,29D,31D,33D,35D. The van der Waals surface area contributed by atoms with Gasteiger partial charge in [0.15, 0.2) is 13.9 Å². The highest BCUT2D eigenvalue weighted by molar-refractivity contribution is 7.19. The van der Waals surface area contributed by atoms with Crippen LogP contribution in [-0.2, 0) is 0 Å². The van der Waals surface area contributed by atoms with Gasteiger partial charge in [-0.2, -0.15) is 15.0 Å². The smallest absolute Gasteiger partial charge is 0.240 e. The molecule has 0 amide bonds. The summed E-state index contributed by atoms with van der Waals surface area (Å²) in [6.45, 7) is 0. The van der Waals surface area contributed by atoms with Gasteiger partial charge in [0, 0.05) is 27.1 Å². The Kier molecular flexibility index (Phi) is 3.76. The molecule has 0 bridgehead atoms. The van der Waals surface area contributed by atoms with Crippen molar-refractivity contribution in [1.82, 2.24) is 24.1 Å². The number of benzene rings is 8. The molecule has 0 aliphatic heterocycles. The molecule has 5 nitrogen and oxygen atoms in total. The minimum atomic E-state index is -6.15. The number of nitrogens with zero attached hydrogens (tertiary/aromatic N) is 5. The molecule has 8 aromatic carbocycles. The normalized spacial score (nSPS) is 18.2. The van der Waals surface area contributed by atoms with E-state index in [9.17, 15) is 15.1 Å². The zero-order chi connectivity index (χ0) is 60.4. The quantitative estimate of drug-likeness (QED) is 0.120. The minimum absolute atomic E-state index is 0.0295. The molecular weight excluding hydrogens is 711 g/mol. The van der Waals surface area contributed by atoms with Gasteiger partial charge in [-0.1, -0.05) is 187 Å². The summed E-state index contributed by atoms with van der Waals surface area (Å²) in [6.07, 6.45) is 0. The maximum Gasteiger partial charge on any atom is 0.240 e. The first-order chi connectivity index (χ1) is 39.1. The molecule has 0 radical (unpaired) electrons. The van der Waals surface area contributed by atoms with Crippen LogP contribution in [0.4, 0.5) is 0 Å². The van der Waals surface area contributed by atoms with Crippen molar-refractivity contribution < 1.29 is 35.6 Å². The molecule has 3 aromatic heterocycles. The molecule has 3 heterocycles. The van der Waals surface area contributed by atoms with Gasteiger partial charge in [0.2, 0.25) is 11.9 Å². The lowest BCUT2D eigenvalue weighted by molar-refractivity contribution is 0.893. The third-order valence-corrected chi connectivity index (χ3v) is 13.6. The highest BCUT2D eigenvalue weighted by atomic mass is 28.3. The summed E-state index contributed by atoms with van der Waals surface area (Å²) in [7, 11) is -6.15. The van der Waals surface area contributed by atoms with Gasteiger partial charge < -0.3 is 0 Å². The van der Waals surface area contributed by atoms with Crippen LogP contribution in [0.1, 0.15) is 35.6 Å². The van der Waals surface area contributed by atoms with E-state index >= 15 is 0 Å². The largest absolute Gasteiger partial charge is 0.278 e. The highest BCUT2D eigenvalue weighted by Crippen LogP contribution is 2.34. The van der Waals surface area contributed by atoms with Crippen molar-refractivity contribution in [3.63, 3.8) is 0 Å².